The molecule has 0 saturated heterocycles. The van der Waals surface area contributed by atoms with Gasteiger partial charge in [-0.25, -0.2) is 0 Å². The quantitative estimate of drug-likeness (QED) is 0.483. The lowest BCUT2D eigenvalue weighted by atomic mass is 9.80. The Bertz CT molecular complexity index is 948. The van der Waals surface area contributed by atoms with Gasteiger partial charge in [-0.2, -0.15) is 0 Å². The molecule has 0 saturated carbocycles. The second-order valence-electron chi connectivity index (χ2n) is 8.69. The van der Waals surface area contributed by atoms with Gasteiger partial charge in [0.25, 0.3) is 0 Å². The summed E-state index contributed by atoms with van der Waals surface area (Å²) in [6, 6.07) is 0. The second kappa shape index (κ2) is 7.41. The minimum Gasteiger partial charge on any atom is -0.290 e. The number of carbonyl (C=O) groups is 4. The Morgan fingerprint density at radius 3 is 1.14 bits per heavy atom. The molecule has 0 fully saturated rings. The summed E-state index contributed by atoms with van der Waals surface area (Å²) >= 11 is 0. The van der Waals surface area contributed by atoms with E-state index in [1.165, 1.54) is 24.3 Å². The Morgan fingerprint density at radius 1 is 0.536 bits per heavy atom. The molecule has 0 N–H and O–H groups in total. The second-order valence-corrected chi connectivity index (χ2v) is 8.69. The van der Waals surface area contributed by atoms with Gasteiger partial charge >= 0.3 is 0 Å². The fourth-order valence-corrected chi connectivity index (χ4v) is 2.68. The lowest BCUT2D eigenvalue weighted by Crippen LogP contribution is -2.22. The third-order valence-electron chi connectivity index (χ3n) is 4.24. The predicted molar refractivity (Wildman–Crippen MR) is 107 cm³/mol. The Hall–Kier alpha value is -3.24. The van der Waals surface area contributed by atoms with Gasteiger partial charge in [-0.15, -0.1) is 0 Å². The summed E-state index contributed by atoms with van der Waals surface area (Å²) < 4.78 is 0. The molecule has 2 aliphatic rings. The smallest absolute Gasteiger partial charge is 0.194 e. The van der Waals surface area contributed by atoms with E-state index in [-0.39, 0.29) is 34.3 Å². The van der Waals surface area contributed by atoms with Crippen molar-refractivity contribution in [1.29, 1.82) is 0 Å². The topological polar surface area (TPSA) is 68.3 Å². The number of rotatable bonds is 0. The van der Waals surface area contributed by atoms with Gasteiger partial charge in [-0.1, -0.05) is 41.5 Å². The third-order valence-corrected chi connectivity index (χ3v) is 4.24. The van der Waals surface area contributed by atoms with Crippen LogP contribution in [0.5, 0.6) is 0 Å². The van der Waals surface area contributed by atoms with Gasteiger partial charge in [0.1, 0.15) is 0 Å². The number of hydrogen-bond donors (Lipinski definition) is 0. The molecule has 4 heteroatoms. The first kappa shape index (κ1) is 21.1. The van der Waals surface area contributed by atoms with Crippen molar-refractivity contribution in [2.45, 2.75) is 41.5 Å². The van der Waals surface area contributed by atoms with Crippen molar-refractivity contribution in [1.82, 2.24) is 0 Å². The summed E-state index contributed by atoms with van der Waals surface area (Å²) in [4.78, 5) is 48.6. The van der Waals surface area contributed by atoms with Gasteiger partial charge in [0, 0.05) is 23.3 Å². The summed E-state index contributed by atoms with van der Waals surface area (Å²) in [6.07, 6.45) is 5.05. The van der Waals surface area contributed by atoms with E-state index in [2.05, 4.69) is 23.7 Å². The highest BCUT2D eigenvalue weighted by Crippen LogP contribution is 2.30. The highest BCUT2D eigenvalue weighted by molar-refractivity contribution is 6.23. The van der Waals surface area contributed by atoms with Gasteiger partial charge in [0.15, 0.2) is 23.1 Å². The molecule has 0 aromatic rings. The fraction of sp³-hybridized carbons (Fsp3) is 0.333. The van der Waals surface area contributed by atoms with E-state index in [9.17, 15) is 19.2 Å². The Kier molecular flexibility index (Phi) is 5.57. The lowest BCUT2D eigenvalue weighted by molar-refractivity contribution is -0.115. The molecule has 0 aliphatic heterocycles. The van der Waals surface area contributed by atoms with Crippen LogP contribution < -0.4 is 0 Å². The maximum absolute atomic E-state index is 12.2. The van der Waals surface area contributed by atoms with Crippen LogP contribution in [0.1, 0.15) is 41.5 Å². The van der Waals surface area contributed by atoms with E-state index in [4.69, 9.17) is 0 Å². The predicted octanol–water partition coefficient (Wildman–Crippen LogP) is 3.09. The summed E-state index contributed by atoms with van der Waals surface area (Å²) in [6.45, 7) is 11.1. The molecule has 0 radical (unpaired) electrons. The molecule has 0 amide bonds. The van der Waals surface area contributed by atoms with Crippen LogP contribution in [0.25, 0.3) is 0 Å². The van der Waals surface area contributed by atoms with Crippen molar-refractivity contribution >= 4 is 23.1 Å². The molecular formula is C24H22O4. The van der Waals surface area contributed by atoms with Gasteiger partial charge in [0.05, 0.1) is 11.1 Å². The van der Waals surface area contributed by atoms with Gasteiger partial charge < -0.3 is 0 Å². The van der Waals surface area contributed by atoms with Crippen LogP contribution in [-0.4, -0.2) is 23.1 Å². The molecule has 0 aromatic heterocycles. The molecule has 142 valence electrons. The van der Waals surface area contributed by atoms with E-state index in [0.29, 0.717) is 11.1 Å². The zero-order valence-corrected chi connectivity index (χ0v) is 16.9. The van der Waals surface area contributed by atoms with E-state index in [1.54, 1.807) is 0 Å². The van der Waals surface area contributed by atoms with E-state index < -0.39 is 10.8 Å². The molecule has 2 aliphatic carbocycles. The Morgan fingerprint density at radius 2 is 0.857 bits per heavy atom. The monoisotopic (exact) mass is 374 g/mol. The molecule has 4 nitrogen and oxygen atoms in total. The van der Waals surface area contributed by atoms with E-state index in [0.717, 1.165) is 0 Å². The van der Waals surface area contributed by atoms with Crippen molar-refractivity contribution in [3.8, 4) is 23.7 Å². The fourth-order valence-electron chi connectivity index (χ4n) is 2.68. The van der Waals surface area contributed by atoms with Crippen LogP contribution in [0.2, 0.25) is 0 Å². The lowest BCUT2D eigenvalue weighted by Gasteiger charge is -2.22. The summed E-state index contributed by atoms with van der Waals surface area (Å²) in [5.41, 5.74) is 0.132. The summed E-state index contributed by atoms with van der Waals surface area (Å²) in [5, 5.41) is 0. The summed E-state index contributed by atoms with van der Waals surface area (Å²) in [7, 11) is 0. The highest BCUT2D eigenvalue weighted by atomic mass is 16.1. The maximum atomic E-state index is 12.2. The third kappa shape index (κ3) is 4.72. The standard InChI is InChI=1S/C24H22O4/c1-23(2,3)17-13-19(25)15(11-21(17)27)9-7-8-10-16-12-22(28)18(14-20(16)26)24(4,5)6/h11-14H,1-6H3. The van der Waals surface area contributed by atoms with Crippen LogP contribution in [0.3, 0.4) is 0 Å². The van der Waals surface area contributed by atoms with Crippen molar-refractivity contribution in [3.05, 3.63) is 46.6 Å². The zero-order chi connectivity index (χ0) is 21.3. The maximum Gasteiger partial charge on any atom is 0.194 e. The number of ketones is 4. The highest BCUT2D eigenvalue weighted by Gasteiger charge is 2.29. The van der Waals surface area contributed by atoms with Crippen molar-refractivity contribution < 1.29 is 19.2 Å². The SMILES string of the molecule is CC(C)(C)C1=CC(=O)C(C#CC#CC2=CC(=O)C(C(C)(C)C)=CC2=O)=CC1=O. The Balaban J connectivity index is 2.19. The van der Waals surface area contributed by atoms with Crippen LogP contribution in [0.15, 0.2) is 46.6 Å². The first-order valence-electron chi connectivity index (χ1n) is 8.88. The minimum atomic E-state index is -0.429. The molecule has 0 aromatic carbocycles. The first-order valence-corrected chi connectivity index (χ1v) is 8.88. The zero-order valence-electron chi connectivity index (χ0n) is 16.9. The Labute approximate surface area is 165 Å². The normalized spacial score (nSPS) is 17.5. The molecule has 0 atom stereocenters. The van der Waals surface area contributed by atoms with Crippen LogP contribution in [-0.2, 0) is 19.2 Å². The molecule has 0 bridgehead atoms. The number of carbonyl (C=O) groups excluding carboxylic acids is 4. The molecule has 28 heavy (non-hydrogen) atoms. The van der Waals surface area contributed by atoms with Crippen molar-refractivity contribution in [2.24, 2.45) is 10.8 Å². The molecule has 0 spiro atoms. The van der Waals surface area contributed by atoms with Gasteiger partial charge in [0.2, 0.25) is 0 Å². The first-order chi connectivity index (χ1) is 12.8. The molecular weight excluding hydrogens is 352 g/mol. The molecule has 0 unspecified atom stereocenters. The number of hydrogen-bond acceptors (Lipinski definition) is 4. The number of allylic oxidation sites excluding steroid dienone is 8. The molecule has 2 rings (SSSR count). The van der Waals surface area contributed by atoms with Crippen molar-refractivity contribution in [3.63, 3.8) is 0 Å². The van der Waals surface area contributed by atoms with Crippen LogP contribution in [0.4, 0.5) is 0 Å². The van der Waals surface area contributed by atoms with Gasteiger partial charge in [-0.3, -0.25) is 19.2 Å². The van der Waals surface area contributed by atoms with Gasteiger partial charge in [-0.05, 0) is 46.7 Å². The summed E-state index contributed by atoms with van der Waals surface area (Å²) in [5.74, 6) is 8.87. The average Bonchev–Trinajstić information content (AvgIpc) is 2.54. The van der Waals surface area contributed by atoms with Crippen LogP contribution >= 0.6 is 0 Å². The van der Waals surface area contributed by atoms with E-state index >= 15 is 0 Å². The average molecular weight is 374 g/mol. The van der Waals surface area contributed by atoms with Crippen LogP contribution in [0, 0.1) is 34.5 Å². The minimum absolute atomic E-state index is 0.0576. The van der Waals surface area contributed by atoms with Crippen molar-refractivity contribution in [2.75, 3.05) is 0 Å². The molecule has 0 heterocycles. The van der Waals surface area contributed by atoms with E-state index in [1.807, 2.05) is 41.5 Å². The largest absolute Gasteiger partial charge is 0.290 e.